The van der Waals surface area contributed by atoms with Gasteiger partial charge in [0.2, 0.25) is 0 Å². The molecule has 0 aliphatic carbocycles. The van der Waals surface area contributed by atoms with Crippen LogP contribution in [-0.2, 0) is 0 Å². The van der Waals surface area contributed by atoms with E-state index >= 15 is 0 Å². The van der Waals surface area contributed by atoms with Crippen LogP contribution in [0.3, 0.4) is 0 Å². The molecule has 1 N–H and O–H groups in total. The number of nitrogens with one attached hydrogen (secondary N) is 1. The van der Waals surface area contributed by atoms with Crippen molar-refractivity contribution in [2.75, 3.05) is 5.12 Å². The van der Waals surface area contributed by atoms with E-state index in [1.165, 1.54) is 0 Å². The number of nitrogens with zero attached hydrogens (tertiary/aromatic N) is 2. The SMILES string of the molecule is O=c1c2ccccc2[se]n1N1C=CC=CN1. The Morgan fingerprint density at radius 2 is 2.06 bits per heavy atom. The van der Waals surface area contributed by atoms with Gasteiger partial charge in [0.1, 0.15) is 0 Å². The van der Waals surface area contributed by atoms with Gasteiger partial charge in [0.25, 0.3) is 0 Å². The van der Waals surface area contributed by atoms with Gasteiger partial charge < -0.3 is 0 Å². The van der Waals surface area contributed by atoms with E-state index in [2.05, 4.69) is 5.43 Å². The molecule has 0 bridgehead atoms. The monoisotopic (exact) mass is 279 g/mol. The van der Waals surface area contributed by atoms with Crippen molar-refractivity contribution in [3.63, 3.8) is 0 Å². The zero-order valence-electron chi connectivity index (χ0n) is 8.33. The van der Waals surface area contributed by atoms with Gasteiger partial charge in [-0.15, -0.1) is 0 Å². The summed E-state index contributed by atoms with van der Waals surface area (Å²) >= 11 is 0.0101. The number of allylic oxidation sites excluding steroid dienone is 2. The van der Waals surface area contributed by atoms with Crippen LogP contribution in [0.15, 0.2) is 53.6 Å². The molecule has 0 atom stereocenters. The van der Waals surface area contributed by atoms with E-state index in [0.717, 1.165) is 9.65 Å². The van der Waals surface area contributed by atoms with Gasteiger partial charge in [-0.05, 0) is 0 Å². The van der Waals surface area contributed by atoms with Crippen molar-refractivity contribution < 1.29 is 0 Å². The Morgan fingerprint density at radius 1 is 1.19 bits per heavy atom. The summed E-state index contributed by atoms with van der Waals surface area (Å²) in [6.45, 7) is 0. The maximum atomic E-state index is 12.1. The first-order valence-electron chi connectivity index (χ1n) is 4.86. The predicted octanol–water partition coefficient (Wildman–Crippen LogP) is 0.542. The zero-order valence-corrected chi connectivity index (χ0v) is 10.0. The summed E-state index contributed by atoms with van der Waals surface area (Å²) < 4.78 is 2.86. The van der Waals surface area contributed by atoms with Gasteiger partial charge in [-0.2, -0.15) is 0 Å². The van der Waals surface area contributed by atoms with E-state index < -0.39 is 0 Å². The average Bonchev–Trinajstić information content (AvgIpc) is 2.69. The molecule has 1 aromatic heterocycles. The molecular weight excluding hydrogens is 269 g/mol. The van der Waals surface area contributed by atoms with Crippen LogP contribution in [-0.4, -0.2) is 18.4 Å². The molecule has 4 nitrogen and oxygen atoms in total. The topological polar surface area (TPSA) is 37.3 Å². The van der Waals surface area contributed by atoms with Gasteiger partial charge in [-0.25, -0.2) is 0 Å². The molecule has 1 aliphatic heterocycles. The Balaban J connectivity index is 2.17. The Labute approximate surface area is 98.0 Å². The van der Waals surface area contributed by atoms with Gasteiger partial charge in [-0.3, -0.25) is 0 Å². The third-order valence-corrected chi connectivity index (χ3v) is 4.55. The second kappa shape index (κ2) is 3.70. The van der Waals surface area contributed by atoms with Gasteiger partial charge in [0.05, 0.1) is 0 Å². The molecule has 2 heterocycles. The molecule has 2 aromatic rings. The van der Waals surface area contributed by atoms with Crippen molar-refractivity contribution in [3.8, 4) is 0 Å². The fraction of sp³-hybridized carbons (Fsp3) is 0. The molecule has 1 aliphatic rings. The summed E-state index contributed by atoms with van der Waals surface area (Å²) in [7, 11) is 0. The Hall–Kier alpha value is -1.71. The molecule has 0 radical (unpaired) electrons. The normalized spacial score (nSPS) is 14.4. The van der Waals surface area contributed by atoms with E-state index in [-0.39, 0.29) is 20.3 Å². The van der Waals surface area contributed by atoms with Crippen LogP contribution in [0.1, 0.15) is 0 Å². The first kappa shape index (κ1) is 9.51. The second-order valence-electron chi connectivity index (χ2n) is 3.34. The molecule has 0 unspecified atom stereocenters. The fourth-order valence-corrected chi connectivity index (χ4v) is 3.56. The Bertz CT molecular complexity index is 638. The van der Waals surface area contributed by atoms with E-state index in [9.17, 15) is 4.79 Å². The predicted molar refractivity (Wildman–Crippen MR) is 64.8 cm³/mol. The van der Waals surface area contributed by atoms with Gasteiger partial charge in [0.15, 0.2) is 0 Å². The average molecular weight is 278 g/mol. The molecule has 0 saturated carbocycles. The van der Waals surface area contributed by atoms with E-state index in [1.54, 1.807) is 15.0 Å². The third kappa shape index (κ3) is 1.41. The summed E-state index contributed by atoms with van der Waals surface area (Å²) in [6.07, 6.45) is 7.41. The number of fused-ring (bicyclic) bond motifs is 1. The Morgan fingerprint density at radius 3 is 2.81 bits per heavy atom. The van der Waals surface area contributed by atoms with E-state index in [4.69, 9.17) is 0 Å². The fourth-order valence-electron chi connectivity index (χ4n) is 1.56. The van der Waals surface area contributed by atoms with Crippen molar-refractivity contribution in [3.05, 3.63) is 59.2 Å². The standard InChI is InChI=1S/C11H9N3OSe/c15-11-9-5-1-2-6-10(9)16-14(11)13-8-4-3-7-12-13/h1-8,12H. The van der Waals surface area contributed by atoms with E-state index in [1.807, 2.05) is 42.6 Å². The molecule has 1 aromatic carbocycles. The van der Waals surface area contributed by atoms with Crippen LogP contribution in [0.25, 0.3) is 9.65 Å². The first-order chi connectivity index (χ1) is 7.86. The molecule has 0 saturated heterocycles. The zero-order chi connectivity index (χ0) is 11.0. The number of aromatic nitrogens is 1. The quantitative estimate of drug-likeness (QED) is 0.774. The van der Waals surface area contributed by atoms with Crippen LogP contribution >= 0.6 is 0 Å². The Kier molecular flexibility index (Phi) is 2.20. The van der Waals surface area contributed by atoms with Crippen LogP contribution < -0.4 is 16.1 Å². The summed E-state index contributed by atoms with van der Waals surface area (Å²) in [4.78, 5) is 12.1. The summed E-state index contributed by atoms with van der Waals surface area (Å²) in [5.74, 6) is 0. The first-order valence-corrected chi connectivity index (χ1v) is 6.48. The van der Waals surface area contributed by atoms with Crippen molar-refractivity contribution in [1.82, 2.24) is 9.10 Å². The van der Waals surface area contributed by atoms with Crippen molar-refractivity contribution in [1.29, 1.82) is 0 Å². The molecule has 0 spiro atoms. The third-order valence-electron chi connectivity index (χ3n) is 2.31. The number of rotatable bonds is 1. The van der Waals surface area contributed by atoms with Crippen molar-refractivity contribution >= 4 is 24.4 Å². The molecular formula is C11H9N3OSe. The van der Waals surface area contributed by atoms with Crippen LogP contribution in [0.5, 0.6) is 0 Å². The van der Waals surface area contributed by atoms with Gasteiger partial charge >= 0.3 is 97.8 Å². The molecule has 80 valence electrons. The van der Waals surface area contributed by atoms with Gasteiger partial charge in [-0.1, -0.05) is 0 Å². The minimum absolute atomic E-state index is 0.0101. The minimum atomic E-state index is 0.0101. The van der Waals surface area contributed by atoms with Crippen LogP contribution in [0, 0.1) is 0 Å². The number of hydrazine groups is 1. The molecule has 5 heteroatoms. The van der Waals surface area contributed by atoms with Crippen molar-refractivity contribution in [2.45, 2.75) is 0 Å². The molecule has 3 rings (SSSR count). The summed E-state index contributed by atoms with van der Waals surface area (Å²) in [5.41, 5.74) is 3.07. The second-order valence-corrected chi connectivity index (χ2v) is 5.37. The number of hydrogen-bond donors (Lipinski definition) is 1. The molecule has 0 amide bonds. The van der Waals surface area contributed by atoms with Crippen LogP contribution in [0.4, 0.5) is 0 Å². The maximum absolute atomic E-state index is 12.1. The van der Waals surface area contributed by atoms with E-state index in [0.29, 0.717) is 0 Å². The molecule has 0 fully saturated rings. The summed E-state index contributed by atoms with van der Waals surface area (Å²) in [6, 6.07) is 7.76. The number of hydrogen-bond acceptors (Lipinski definition) is 3. The summed E-state index contributed by atoms with van der Waals surface area (Å²) in [5, 5.41) is 2.54. The molecule has 16 heavy (non-hydrogen) atoms. The number of benzene rings is 1. The van der Waals surface area contributed by atoms with Crippen molar-refractivity contribution in [2.24, 2.45) is 0 Å². The van der Waals surface area contributed by atoms with Crippen LogP contribution in [0.2, 0.25) is 0 Å². The van der Waals surface area contributed by atoms with Gasteiger partial charge in [0, 0.05) is 0 Å².